The molecule has 0 aliphatic rings. The third-order valence-corrected chi connectivity index (χ3v) is 4.21. The minimum atomic E-state index is 0.973. The van der Waals surface area contributed by atoms with E-state index in [2.05, 4.69) is 69.3 Å². The molecule has 29 heavy (non-hydrogen) atoms. The van der Waals surface area contributed by atoms with Gasteiger partial charge in [0.1, 0.15) is 0 Å². The number of rotatable bonds is 5. The van der Waals surface area contributed by atoms with Gasteiger partial charge in [-0.3, -0.25) is 4.99 Å². The Labute approximate surface area is 179 Å². The molecule has 0 N–H and O–H groups in total. The summed E-state index contributed by atoms with van der Waals surface area (Å²) in [6.45, 7) is 20.0. The van der Waals surface area contributed by atoms with Crippen LogP contribution in [0.25, 0.3) is 0 Å². The third-order valence-electron chi connectivity index (χ3n) is 4.21. The van der Waals surface area contributed by atoms with Gasteiger partial charge in [0.05, 0.1) is 5.71 Å². The Hall–Kier alpha value is -2.67. The summed E-state index contributed by atoms with van der Waals surface area (Å²) in [6, 6.07) is 16.9. The van der Waals surface area contributed by atoms with Crippen molar-refractivity contribution in [3.63, 3.8) is 0 Å². The maximum atomic E-state index is 4.07. The first-order chi connectivity index (χ1) is 13.7. The van der Waals surface area contributed by atoms with Gasteiger partial charge in [0.25, 0.3) is 0 Å². The van der Waals surface area contributed by atoms with Crippen LogP contribution in [0.5, 0.6) is 0 Å². The molecule has 156 valence electrons. The molecule has 0 heterocycles. The molecule has 0 fully saturated rings. The fraction of sp³-hybridized carbons (Fsp3) is 0.321. The topological polar surface area (TPSA) is 12.4 Å². The summed E-state index contributed by atoms with van der Waals surface area (Å²) >= 11 is 0. The molecule has 2 aromatic carbocycles. The Morgan fingerprint density at radius 2 is 1.62 bits per heavy atom. The SMILES string of the molecule is C=C(C)C(C=C(C)C)=NC.C=CCc1ccccc1.CCc1cc(C)ccc1C. The molecular formula is C28H39N. The highest BCUT2D eigenvalue weighted by Crippen LogP contribution is 2.10. The molecule has 0 saturated heterocycles. The van der Waals surface area contributed by atoms with Gasteiger partial charge in [-0.2, -0.15) is 0 Å². The fourth-order valence-corrected chi connectivity index (χ4v) is 2.61. The Bertz CT molecular complexity index is 803. The number of hydrogen-bond donors (Lipinski definition) is 0. The second-order valence-electron chi connectivity index (χ2n) is 7.37. The number of nitrogens with zero attached hydrogens (tertiary/aromatic N) is 1. The lowest BCUT2D eigenvalue weighted by Gasteiger charge is -2.02. The van der Waals surface area contributed by atoms with Crippen molar-refractivity contribution in [2.45, 2.75) is 54.4 Å². The van der Waals surface area contributed by atoms with Crippen molar-refractivity contribution in [3.05, 3.63) is 107 Å². The van der Waals surface area contributed by atoms with Crippen LogP contribution in [-0.2, 0) is 12.8 Å². The fourth-order valence-electron chi connectivity index (χ4n) is 2.61. The minimum Gasteiger partial charge on any atom is -0.288 e. The minimum absolute atomic E-state index is 0.973. The van der Waals surface area contributed by atoms with Gasteiger partial charge in [-0.05, 0) is 75.8 Å². The maximum Gasteiger partial charge on any atom is 0.0593 e. The number of aliphatic imine (C=N–C) groups is 1. The van der Waals surface area contributed by atoms with Crippen LogP contribution in [0.1, 0.15) is 49.9 Å². The van der Waals surface area contributed by atoms with Crippen LogP contribution >= 0.6 is 0 Å². The van der Waals surface area contributed by atoms with Gasteiger partial charge in [0, 0.05) is 7.05 Å². The normalized spacial score (nSPS) is 9.97. The van der Waals surface area contributed by atoms with Gasteiger partial charge in [0.15, 0.2) is 0 Å². The molecule has 0 amide bonds. The van der Waals surface area contributed by atoms with E-state index >= 15 is 0 Å². The third kappa shape index (κ3) is 12.4. The van der Waals surface area contributed by atoms with E-state index in [1.807, 2.05) is 51.1 Å². The molecule has 0 bridgehead atoms. The summed E-state index contributed by atoms with van der Waals surface area (Å²) in [4.78, 5) is 4.07. The van der Waals surface area contributed by atoms with Crippen molar-refractivity contribution in [3.8, 4) is 0 Å². The van der Waals surface area contributed by atoms with Gasteiger partial charge in [-0.1, -0.05) is 79.2 Å². The Morgan fingerprint density at radius 3 is 2.00 bits per heavy atom. The highest BCUT2D eigenvalue weighted by Gasteiger charge is 1.93. The molecule has 0 radical (unpaired) electrons. The molecule has 1 heteroatoms. The summed E-state index contributed by atoms with van der Waals surface area (Å²) in [7, 11) is 1.78. The van der Waals surface area contributed by atoms with E-state index in [0.29, 0.717) is 0 Å². The number of benzene rings is 2. The van der Waals surface area contributed by atoms with Crippen molar-refractivity contribution in [1.82, 2.24) is 0 Å². The van der Waals surface area contributed by atoms with Crippen LogP contribution in [0.3, 0.4) is 0 Å². The number of aryl methyl sites for hydroxylation is 3. The molecule has 0 aromatic heterocycles. The standard InChI is InChI=1S/C10H14.C9H15N.C9H10/c1-4-10-7-8(2)5-6-9(10)3;1-7(2)6-9(10-5)8(3)4;1-2-6-9-7-4-3-5-8-9/h5-7H,4H2,1-3H3;6H,3H2,1-2,4-5H3;2-5,7-8H,1,6H2. The average molecular weight is 390 g/mol. The van der Waals surface area contributed by atoms with E-state index in [-0.39, 0.29) is 0 Å². The highest BCUT2D eigenvalue weighted by atomic mass is 14.7. The molecule has 1 nitrogen and oxygen atoms in total. The second-order valence-corrected chi connectivity index (χ2v) is 7.37. The molecule has 0 aliphatic carbocycles. The molecule has 0 aliphatic heterocycles. The first kappa shape index (κ1) is 26.3. The van der Waals surface area contributed by atoms with Gasteiger partial charge in [-0.25, -0.2) is 0 Å². The number of allylic oxidation sites excluding steroid dienone is 4. The summed E-state index contributed by atoms with van der Waals surface area (Å²) in [5, 5.41) is 0. The first-order valence-corrected chi connectivity index (χ1v) is 10.2. The van der Waals surface area contributed by atoms with E-state index in [1.54, 1.807) is 7.05 Å². The quantitative estimate of drug-likeness (QED) is 0.364. The van der Waals surface area contributed by atoms with E-state index in [9.17, 15) is 0 Å². The molecule has 0 unspecified atom stereocenters. The molecular weight excluding hydrogens is 350 g/mol. The smallest absolute Gasteiger partial charge is 0.0593 e. The zero-order valence-corrected chi connectivity index (χ0v) is 19.5. The Kier molecular flexibility index (Phi) is 13.9. The Balaban J connectivity index is 0.000000406. The van der Waals surface area contributed by atoms with Crippen molar-refractivity contribution < 1.29 is 0 Å². The van der Waals surface area contributed by atoms with Crippen LogP contribution in [0, 0.1) is 13.8 Å². The zero-order chi connectivity index (χ0) is 22.2. The van der Waals surface area contributed by atoms with Crippen LogP contribution in [0.2, 0.25) is 0 Å². The van der Waals surface area contributed by atoms with E-state index in [1.165, 1.54) is 27.8 Å². The number of hydrogen-bond acceptors (Lipinski definition) is 1. The van der Waals surface area contributed by atoms with Crippen LogP contribution in [-0.4, -0.2) is 12.8 Å². The van der Waals surface area contributed by atoms with Crippen molar-refractivity contribution >= 4 is 5.71 Å². The summed E-state index contributed by atoms with van der Waals surface area (Å²) in [5.41, 5.74) is 8.83. The predicted octanol–water partition coefficient (Wildman–Crippen LogP) is 7.88. The van der Waals surface area contributed by atoms with Gasteiger partial charge in [0.2, 0.25) is 0 Å². The largest absolute Gasteiger partial charge is 0.288 e. The van der Waals surface area contributed by atoms with Crippen LogP contribution < -0.4 is 0 Å². The van der Waals surface area contributed by atoms with E-state index in [0.717, 1.165) is 24.1 Å². The molecule has 2 aromatic rings. The highest BCUT2D eigenvalue weighted by molar-refractivity contribution is 6.07. The summed E-state index contributed by atoms with van der Waals surface area (Å²) < 4.78 is 0. The Morgan fingerprint density at radius 1 is 1.00 bits per heavy atom. The van der Waals surface area contributed by atoms with E-state index in [4.69, 9.17) is 0 Å². The average Bonchev–Trinajstić information content (AvgIpc) is 2.69. The van der Waals surface area contributed by atoms with Crippen molar-refractivity contribution in [2.75, 3.05) is 7.05 Å². The lowest BCUT2D eigenvalue weighted by Crippen LogP contribution is -1.94. The second kappa shape index (κ2) is 15.3. The van der Waals surface area contributed by atoms with Crippen molar-refractivity contribution in [2.24, 2.45) is 4.99 Å². The first-order valence-electron chi connectivity index (χ1n) is 10.2. The van der Waals surface area contributed by atoms with Gasteiger partial charge in [-0.15, -0.1) is 6.58 Å². The summed E-state index contributed by atoms with van der Waals surface area (Å²) in [5.74, 6) is 0. The van der Waals surface area contributed by atoms with Gasteiger partial charge >= 0.3 is 0 Å². The van der Waals surface area contributed by atoms with Gasteiger partial charge < -0.3 is 0 Å². The molecule has 0 atom stereocenters. The van der Waals surface area contributed by atoms with Crippen LogP contribution in [0.15, 0.2) is 90.0 Å². The monoisotopic (exact) mass is 389 g/mol. The van der Waals surface area contributed by atoms with Crippen molar-refractivity contribution in [1.29, 1.82) is 0 Å². The molecule has 0 spiro atoms. The lowest BCUT2D eigenvalue weighted by atomic mass is 10.0. The summed E-state index contributed by atoms with van der Waals surface area (Å²) in [6.07, 6.45) is 6.06. The zero-order valence-electron chi connectivity index (χ0n) is 19.5. The lowest BCUT2D eigenvalue weighted by molar-refractivity contribution is 1.10. The van der Waals surface area contributed by atoms with Crippen LogP contribution in [0.4, 0.5) is 0 Å². The van der Waals surface area contributed by atoms with E-state index < -0.39 is 0 Å². The maximum absolute atomic E-state index is 4.07. The predicted molar refractivity (Wildman–Crippen MR) is 133 cm³/mol. The molecule has 0 saturated carbocycles. The molecule has 2 rings (SSSR count).